The number of rotatable bonds is 4. The third-order valence-electron chi connectivity index (χ3n) is 3.30. The van der Waals surface area contributed by atoms with Crippen molar-refractivity contribution in [3.63, 3.8) is 0 Å². The van der Waals surface area contributed by atoms with E-state index in [0.29, 0.717) is 6.04 Å². The van der Waals surface area contributed by atoms with Gasteiger partial charge in [0.05, 0.1) is 0 Å². The average Bonchev–Trinajstić information content (AvgIpc) is 2.15. The highest BCUT2D eigenvalue weighted by molar-refractivity contribution is 5.76. The second-order valence-electron chi connectivity index (χ2n) is 5.00. The molecule has 4 heteroatoms. The van der Waals surface area contributed by atoms with Crippen molar-refractivity contribution in [3.05, 3.63) is 0 Å². The molecule has 1 saturated carbocycles. The van der Waals surface area contributed by atoms with Gasteiger partial charge in [-0.15, -0.1) is 0 Å². The quantitative estimate of drug-likeness (QED) is 0.683. The van der Waals surface area contributed by atoms with Crippen LogP contribution >= 0.6 is 0 Å². The van der Waals surface area contributed by atoms with Gasteiger partial charge in [0, 0.05) is 12.6 Å². The summed E-state index contributed by atoms with van der Waals surface area (Å²) >= 11 is 0. The van der Waals surface area contributed by atoms with Gasteiger partial charge in [-0.05, 0) is 19.8 Å². The maximum atomic E-state index is 10.7. The molecular weight excluding hydrogens is 206 g/mol. The lowest BCUT2D eigenvalue weighted by Crippen LogP contribution is -2.47. The van der Waals surface area contributed by atoms with Crippen LogP contribution in [0.25, 0.3) is 0 Å². The molecule has 0 aromatic carbocycles. The van der Waals surface area contributed by atoms with Gasteiger partial charge in [-0.25, -0.2) is 4.79 Å². The summed E-state index contributed by atoms with van der Waals surface area (Å²) in [5.74, 6) is -1.16. The summed E-state index contributed by atoms with van der Waals surface area (Å²) in [6, 6.07) is 0.367. The Morgan fingerprint density at radius 3 is 2.25 bits per heavy atom. The lowest BCUT2D eigenvalue weighted by Gasteiger charge is -2.25. The molecule has 0 aliphatic heterocycles. The minimum atomic E-state index is -1.65. The number of carboxylic acids is 1. The normalized spacial score (nSPS) is 23.1. The molecule has 1 atom stereocenters. The lowest BCUT2D eigenvalue weighted by atomic mass is 9.96. The van der Waals surface area contributed by atoms with Crippen molar-refractivity contribution in [1.82, 2.24) is 5.32 Å². The summed E-state index contributed by atoms with van der Waals surface area (Å²) in [6.07, 6.45) is 8.45. The van der Waals surface area contributed by atoms with Crippen LogP contribution in [0.1, 0.15) is 51.9 Å². The largest absolute Gasteiger partial charge is 0.479 e. The molecule has 0 amide bonds. The van der Waals surface area contributed by atoms with Crippen molar-refractivity contribution in [2.45, 2.75) is 63.5 Å². The monoisotopic (exact) mass is 229 g/mol. The second kappa shape index (κ2) is 6.21. The number of carboxylic acid groups (broad SMARTS) is 1. The molecule has 0 spiro atoms. The molecule has 0 bridgehead atoms. The summed E-state index contributed by atoms with van der Waals surface area (Å²) in [5.41, 5.74) is -1.65. The molecule has 0 aromatic rings. The number of aliphatic hydroxyl groups is 1. The molecule has 16 heavy (non-hydrogen) atoms. The summed E-state index contributed by atoms with van der Waals surface area (Å²) in [4.78, 5) is 10.7. The highest BCUT2D eigenvalue weighted by Crippen LogP contribution is 2.17. The lowest BCUT2D eigenvalue weighted by molar-refractivity contribution is -0.156. The highest BCUT2D eigenvalue weighted by Gasteiger charge is 2.30. The summed E-state index contributed by atoms with van der Waals surface area (Å²) < 4.78 is 0. The zero-order valence-corrected chi connectivity index (χ0v) is 10.0. The number of nitrogens with one attached hydrogen (secondary N) is 1. The zero-order valence-electron chi connectivity index (χ0n) is 10.0. The van der Waals surface area contributed by atoms with Gasteiger partial charge in [-0.1, -0.05) is 32.1 Å². The maximum absolute atomic E-state index is 10.7. The van der Waals surface area contributed by atoms with Crippen LogP contribution < -0.4 is 5.32 Å². The van der Waals surface area contributed by atoms with Gasteiger partial charge >= 0.3 is 5.97 Å². The van der Waals surface area contributed by atoms with Crippen molar-refractivity contribution < 1.29 is 15.0 Å². The van der Waals surface area contributed by atoms with E-state index in [4.69, 9.17) is 5.11 Å². The fourth-order valence-corrected chi connectivity index (χ4v) is 2.08. The van der Waals surface area contributed by atoms with Crippen LogP contribution in [0.5, 0.6) is 0 Å². The highest BCUT2D eigenvalue weighted by atomic mass is 16.4. The number of carbonyl (C=O) groups is 1. The smallest absolute Gasteiger partial charge is 0.336 e. The van der Waals surface area contributed by atoms with Crippen LogP contribution in [0.3, 0.4) is 0 Å². The molecule has 1 unspecified atom stereocenters. The molecule has 0 radical (unpaired) electrons. The van der Waals surface area contributed by atoms with E-state index in [1.165, 1.54) is 39.0 Å². The summed E-state index contributed by atoms with van der Waals surface area (Å²) in [6.45, 7) is 1.47. The van der Waals surface area contributed by atoms with Crippen LogP contribution in [0.2, 0.25) is 0 Å². The SMILES string of the molecule is CC(O)(CNC1CCCCCCC1)C(=O)O. The fraction of sp³-hybridized carbons (Fsp3) is 0.917. The van der Waals surface area contributed by atoms with Crippen molar-refractivity contribution in [2.24, 2.45) is 0 Å². The topological polar surface area (TPSA) is 69.6 Å². The first kappa shape index (κ1) is 13.5. The van der Waals surface area contributed by atoms with Crippen molar-refractivity contribution in [2.75, 3.05) is 6.54 Å². The van der Waals surface area contributed by atoms with E-state index < -0.39 is 11.6 Å². The van der Waals surface area contributed by atoms with E-state index in [2.05, 4.69) is 5.32 Å². The molecular formula is C12H23NO3. The van der Waals surface area contributed by atoms with Crippen LogP contribution in [-0.2, 0) is 4.79 Å². The third kappa shape index (κ3) is 4.49. The van der Waals surface area contributed by atoms with Crippen molar-refractivity contribution in [3.8, 4) is 0 Å². The molecule has 94 valence electrons. The summed E-state index contributed by atoms with van der Waals surface area (Å²) in [5, 5.41) is 21.5. The van der Waals surface area contributed by atoms with E-state index >= 15 is 0 Å². The Labute approximate surface area is 97.0 Å². The number of hydrogen-bond donors (Lipinski definition) is 3. The standard InChI is InChI=1S/C12H23NO3/c1-12(16,11(14)15)9-13-10-7-5-3-2-4-6-8-10/h10,13,16H,2-9H2,1H3,(H,14,15). The minimum absolute atomic E-state index is 0.132. The molecule has 1 aliphatic carbocycles. The Morgan fingerprint density at radius 1 is 1.25 bits per heavy atom. The second-order valence-corrected chi connectivity index (χ2v) is 5.00. The van der Waals surface area contributed by atoms with Crippen LogP contribution in [-0.4, -0.2) is 34.4 Å². The Kier molecular flexibility index (Phi) is 5.22. The molecule has 3 N–H and O–H groups in total. The fourth-order valence-electron chi connectivity index (χ4n) is 2.08. The van der Waals surface area contributed by atoms with Gasteiger partial charge < -0.3 is 15.5 Å². The Balaban J connectivity index is 2.32. The predicted octanol–water partition coefficient (Wildman–Crippen LogP) is 1.52. The molecule has 1 aliphatic rings. The Morgan fingerprint density at radius 2 is 1.75 bits per heavy atom. The summed E-state index contributed by atoms with van der Waals surface area (Å²) in [7, 11) is 0. The minimum Gasteiger partial charge on any atom is -0.479 e. The molecule has 4 nitrogen and oxygen atoms in total. The third-order valence-corrected chi connectivity index (χ3v) is 3.30. The number of hydrogen-bond acceptors (Lipinski definition) is 3. The van der Waals surface area contributed by atoms with E-state index in [1.807, 2.05) is 0 Å². The average molecular weight is 229 g/mol. The van der Waals surface area contributed by atoms with Crippen molar-refractivity contribution >= 4 is 5.97 Å². The van der Waals surface area contributed by atoms with Gasteiger partial charge in [0.25, 0.3) is 0 Å². The molecule has 1 fully saturated rings. The van der Waals surface area contributed by atoms with E-state index in [9.17, 15) is 9.90 Å². The Bertz CT molecular complexity index is 220. The van der Waals surface area contributed by atoms with E-state index in [-0.39, 0.29) is 6.54 Å². The molecule has 0 saturated heterocycles. The zero-order chi connectivity index (χ0) is 12.0. The Hall–Kier alpha value is -0.610. The van der Waals surface area contributed by atoms with Crippen LogP contribution in [0.15, 0.2) is 0 Å². The first-order valence-electron chi connectivity index (χ1n) is 6.21. The van der Waals surface area contributed by atoms with Crippen LogP contribution in [0, 0.1) is 0 Å². The van der Waals surface area contributed by atoms with Crippen molar-refractivity contribution in [1.29, 1.82) is 0 Å². The van der Waals surface area contributed by atoms with Crippen LogP contribution in [0.4, 0.5) is 0 Å². The van der Waals surface area contributed by atoms with Gasteiger partial charge in [-0.2, -0.15) is 0 Å². The first-order valence-corrected chi connectivity index (χ1v) is 6.21. The molecule has 1 rings (SSSR count). The molecule has 0 heterocycles. The predicted molar refractivity (Wildman–Crippen MR) is 62.4 cm³/mol. The first-order chi connectivity index (χ1) is 7.52. The molecule has 0 aromatic heterocycles. The van der Waals surface area contributed by atoms with E-state index in [0.717, 1.165) is 12.8 Å². The van der Waals surface area contributed by atoms with Gasteiger partial charge in [0.2, 0.25) is 0 Å². The van der Waals surface area contributed by atoms with Gasteiger partial charge in [0.15, 0.2) is 5.60 Å². The van der Waals surface area contributed by atoms with Gasteiger partial charge in [-0.3, -0.25) is 0 Å². The maximum Gasteiger partial charge on any atom is 0.336 e. The van der Waals surface area contributed by atoms with E-state index in [1.54, 1.807) is 0 Å². The van der Waals surface area contributed by atoms with Gasteiger partial charge in [0.1, 0.15) is 0 Å². The number of aliphatic carboxylic acids is 1.